The number of carbonyl (C=O) groups is 1. The lowest BCUT2D eigenvalue weighted by Gasteiger charge is -2.12. The normalized spacial score (nSPS) is 10.7. The van der Waals surface area contributed by atoms with Crippen LogP contribution in [0, 0.1) is 27.7 Å². The maximum absolute atomic E-state index is 12.3. The fourth-order valence-corrected chi connectivity index (χ4v) is 2.76. The Morgan fingerprint density at radius 2 is 1.80 bits per heavy atom. The lowest BCUT2D eigenvalue weighted by Crippen LogP contribution is -2.20. The number of ether oxygens (including phenoxy) is 1. The fourth-order valence-electron chi connectivity index (χ4n) is 2.76. The summed E-state index contributed by atoms with van der Waals surface area (Å²) in [5.41, 5.74) is 6.09. The van der Waals surface area contributed by atoms with Crippen LogP contribution in [-0.4, -0.2) is 17.5 Å². The van der Waals surface area contributed by atoms with Gasteiger partial charge in [0.25, 0.3) is 5.91 Å². The summed E-state index contributed by atoms with van der Waals surface area (Å²) in [6.45, 7) is 8.03. The van der Waals surface area contributed by atoms with Crippen molar-refractivity contribution in [2.24, 2.45) is 0 Å². The van der Waals surface area contributed by atoms with E-state index in [1.54, 1.807) is 6.20 Å². The molecule has 3 aromatic rings. The summed E-state index contributed by atoms with van der Waals surface area (Å²) in [7, 11) is 0. The molecule has 0 spiro atoms. The SMILES string of the molecule is Cc1ccc(C)c(OCC(=O)Nc2ccnc3c(C)c(C)ccc23)c1. The van der Waals surface area contributed by atoms with Gasteiger partial charge in [-0.25, -0.2) is 0 Å². The molecule has 0 fully saturated rings. The molecule has 0 aliphatic heterocycles. The van der Waals surface area contributed by atoms with Crippen LogP contribution >= 0.6 is 0 Å². The third-order valence-corrected chi connectivity index (χ3v) is 4.41. The average Bonchev–Trinajstić information content (AvgIpc) is 2.59. The van der Waals surface area contributed by atoms with Crippen LogP contribution < -0.4 is 10.1 Å². The third-order valence-electron chi connectivity index (χ3n) is 4.41. The summed E-state index contributed by atoms with van der Waals surface area (Å²) in [5, 5.41) is 3.87. The van der Waals surface area contributed by atoms with Crippen molar-refractivity contribution in [2.75, 3.05) is 11.9 Å². The van der Waals surface area contributed by atoms with Gasteiger partial charge in [-0.3, -0.25) is 9.78 Å². The molecule has 2 aromatic carbocycles. The summed E-state index contributed by atoms with van der Waals surface area (Å²) in [6.07, 6.45) is 1.72. The van der Waals surface area contributed by atoms with Crippen LogP contribution in [0.25, 0.3) is 10.9 Å². The number of amides is 1. The van der Waals surface area contributed by atoms with Gasteiger partial charge in [0.15, 0.2) is 6.61 Å². The van der Waals surface area contributed by atoms with E-state index < -0.39 is 0 Å². The molecule has 1 N–H and O–H groups in total. The number of hydrogen-bond acceptors (Lipinski definition) is 3. The van der Waals surface area contributed by atoms with Gasteiger partial charge in [-0.1, -0.05) is 24.3 Å². The fraction of sp³-hybridized carbons (Fsp3) is 0.238. The lowest BCUT2D eigenvalue weighted by atomic mass is 10.0. The Morgan fingerprint density at radius 3 is 2.60 bits per heavy atom. The van der Waals surface area contributed by atoms with Crippen LogP contribution in [0.5, 0.6) is 5.75 Å². The number of aryl methyl sites for hydroxylation is 4. The molecule has 0 unspecified atom stereocenters. The molecule has 0 radical (unpaired) electrons. The molecule has 25 heavy (non-hydrogen) atoms. The number of aromatic nitrogens is 1. The van der Waals surface area contributed by atoms with Crippen molar-refractivity contribution in [2.45, 2.75) is 27.7 Å². The van der Waals surface area contributed by atoms with Gasteiger partial charge in [-0.15, -0.1) is 0 Å². The topological polar surface area (TPSA) is 51.2 Å². The Bertz CT molecular complexity index is 948. The number of pyridine rings is 1. The number of benzene rings is 2. The monoisotopic (exact) mass is 334 g/mol. The number of nitrogens with one attached hydrogen (secondary N) is 1. The van der Waals surface area contributed by atoms with Crippen LogP contribution in [0.2, 0.25) is 0 Å². The minimum absolute atomic E-state index is 0.0288. The van der Waals surface area contributed by atoms with E-state index in [1.807, 2.05) is 57.2 Å². The molecule has 0 saturated heterocycles. The first-order valence-corrected chi connectivity index (χ1v) is 8.30. The zero-order valence-corrected chi connectivity index (χ0v) is 15.0. The van der Waals surface area contributed by atoms with Crippen molar-refractivity contribution in [1.29, 1.82) is 0 Å². The van der Waals surface area contributed by atoms with E-state index in [2.05, 4.69) is 17.2 Å². The Balaban J connectivity index is 1.76. The van der Waals surface area contributed by atoms with Crippen molar-refractivity contribution in [1.82, 2.24) is 4.98 Å². The highest BCUT2D eigenvalue weighted by Crippen LogP contribution is 2.26. The molecular formula is C21H22N2O2. The van der Waals surface area contributed by atoms with E-state index in [4.69, 9.17) is 4.74 Å². The molecule has 1 heterocycles. The molecule has 0 aliphatic rings. The van der Waals surface area contributed by atoms with Crippen LogP contribution in [0.15, 0.2) is 42.6 Å². The second kappa shape index (κ2) is 6.93. The lowest BCUT2D eigenvalue weighted by molar-refractivity contribution is -0.118. The Morgan fingerprint density at radius 1 is 1.04 bits per heavy atom. The molecule has 1 amide bonds. The standard InChI is InChI=1S/C21H22N2O2/c1-13-5-6-15(3)19(11-13)25-12-20(24)23-18-9-10-22-21-16(4)14(2)7-8-17(18)21/h5-11H,12H2,1-4H3,(H,22,23,24). The molecule has 0 aliphatic carbocycles. The summed E-state index contributed by atoms with van der Waals surface area (Å²) < 4.78 is 5.68. The van der Waals surface area contributed by atoms with Crippen LogP contribution in [-0.2, 0) is 4.79 Å². The molecule has 0 atom stereocenters. The maximum Gasteiger partial charge on any atom is 0.262 e. The summed E-state index contributed by atoms with van der Waals surface area (Å²) in [6, 6.07) is 11.8. The molecule has 1 aromatic heterocycles. The Kier molecular flexibility index (Phi) is 4.70. The van der Waals surface area contributed by atoms with E-state index in [-0.39, 0.29) is 12.5 Å². The number of hydrogen-bond donors (Lipinski definition) is 1. The molecule has 4 nitrogen and oxygen atoms in total. The highest BCUT2D eigenvalue weighted by molar-refractivity contribution is 6.02. The minimum Gasteiger partial charge on any atom is -0.483 e. The zero-order chi connectivity index (χ0) is 18.0. The van der Waals surface area contributed by atoms with Crippen LogP contribution in [0.3, 0.4) is 0 Å². The summed E-state index contributed by atoms with van der Waals surface area (Å²) in [4.78, 5) is 16.8. The molecule has 0 saturated carbocycles. The van der Waals surface area contributed by atoms with E-state index in [0.29, 0.717) is 0 Å². The third kappa shape index (κ3) is 3.63. The number of anilines is 1. The van der Waals surface area contributed by atoms with E-state index in [9.17, 15) is 4.79 Å². The van der Waals surface area contributed by atoms with Crippen LogP contribution in [0.1, 0.15) is 22.3 Å². The Labute approximate surface area is 147 Å². The minimum atomic E-state index is -0.188. The van der Waals surface area contributed by atoms with Crippen molar-refractivity contribution < 1.29 is 9.53 Å². The van der Waals surface area contributed by atoms with E-state index >= 15 is 0 Å². The quantitative estimate of drug-likeness (QED) is 0.765. The second-order valence-corrected chi connectivity index (χ2v) is 6.37. The predicted molar refractivity (Wildman–Crippen MR) is 101 cm³/mol. The van der Waals surface area contributed by atoms with Gasteiger partial charge in [0.05, 0.1) is 11.2 Å². The molecule has 4 heteroatoms. The van der Waals surface area contributed by atoms with E-state index in [1.165, 1.54) is 5.56 Å². The number of carbonyl (C=O) groups excluding carboxylic acids is 1. The van der Waals surface area contributed by atoms with Gasteiger partial charge in [-0.05, 0) is 62.1 Å². The highest BCUT2D eigenvalue weighted by atomic mass is 16.5. The first-order valence-electron chi connectivity index (χ1n) is 8.30. The molecule has 128 valence electrons. The second-order valence-electron chi connectivity index (χ2n) is 6.37. The van der Waals surface area contributed by atoms with Crippen molar-refractivity contribution in [3.8, 4) is 5.75 Å². The van der Waals surface area contributed by atoms with Crippen molar-refractivity contribution in [3.63, 3.8) is 0 Å². The summed E-state index contributed by atoms with van der Waals surface area (Å²) in [5.74, 6) is 0.549. The van der Waals surface area contributed by atoms with Gasteiger partial charge in [0, 0.05) is 11.6 Å². The molecular weight excluding hydrogens is 312 g/mol. The summed E-state index contributed by atoms with van der Waals surface area (Å²) >= 11 is 0. The van der Waals surface area contributed by atoms with Crippen molar-refractivity contribution >= 4 is 22.5 Å². The van der Waals surface area contributed by atoms with Gasteiger partial charge in [0.2, 0.25) is 0 Å². The first-order chi connectivity index (χ1) is 12.0. The predicted octanol–water partition coefficient (Wildman–Crippen LogP) is 4.49. The van der Waals surface area contributed by atoms with Gasteiger partial charge >= 0.3 is 0 Å². The number of nitrogens with zero attached hydrogens (tertiary/aromatic N) is 1. The Hall–Kier alpha value is -2.88. The molecule has 0 bridgehead atoms. The van der Waals surface area contributed by atoms with E-state index in [0.717, 1.165) is 39.0 Å². The maximum atomic E-state index is 12.3. The largest absolute Gasteiger partial charge is 0.483 e. The van der Waals surface area contributed by atoms with Crippen LogP contribution in [0.4, 0.5) is 5.69 Å². The number of rotatable bonds is 4. The highest BCUT2D eigenvalue weighted by Gasteiger charge is 2.10. The molecule has 3 rings (SSSR count). The van der Waals surface area contributed by atoms with Gasteiger partial charge < -0.3 is 10.1 Å². The van der Waals surface area contributed by atoms with Gasteiger partial charge in [-0.2, -0.15) is 0 Å². The number of fused-ring (bicyclic) bond motifs is 1. The van der Waals surface area contributed by atoms with Crippen molar-refractivity contribution in [3.05, 3.63) is 64.8 Å². The zero-order valence-electron chi connectivity index (χ0n) is 15.0. The van der Waals surface area contributed by atoms with Gasteiger partial charge in [0.1, 0.15) is 5.75 Å². The first kappa shape index (κ1) is 17.0. The smallest absolute Gasteiger partial charge is 0.262 e. The average molecular weight is 334 g/mol.